The highest BCUT2D eigenvalue weighted by Gasteiger charge is 2.20. The molecule has 0 heterocycles. The zero-order chi connectivity index (χ0) is 22.4. The zero-order valence-electron chi connectivity index (χ0n) is 18.0. The molecule has 0 aliphatic carbocycles. The maximum Gasteiger partial charge on any atom is 0.409 e. The molecule has 6 N–H and O–H groups in total. The molecule has 0 bridgehead atoms. The lowest BCUT2D eigenvalue weighted by Crippen LogP contribution is -2.46. The molecule has 0 aliphatic rings. The van der Waals surface area contributed by atoms with Gasteiger partial charge in [0, 0.05) is 25.8 Å². The molecule has 0 saturated heterocycles. The SMILES string of the molecule is CNCCCC(NC(=O)CN)C(=O)Nc1ccc(COC(=O)N(C)CCNC)cc1. The normalized spacial score (nSPS) is 11.5. The third kappa shape index (κ3) is 9.68. The Morgan fingerprint density at radius 2 is 1.77 bits per heavy atom. The van der Waals surface area contributed by atoms with Crippen LogP contribution in [-0.4, -0.2) is 76.2 Å². The largest absolute Gasteiger partial charge is 0.445 e. The number of hydrogen-bond acceptors (Lipinski definition) is 7. The van der Waals surface area contributed by atoms with Crippen LogP contribution in [0.4, 0.5) is 10.5 Å². The van der Waals surface area contributed by atoms with Gasteiger partial charge in [0.2, 0.25) is 11.8 Å². The predicted octanol–water partition coefficient (Wildman–Crippen LogP) is -0.144. The fourth-order valence-electron chi connectivity index (χ4n) is 2.54. The molecular formula is C20H34N6O4. The number of nitrogens with two attached hydrogens (primary N) is 1. The molecule has 3 amide bonds. The van der Waals surface area contributed by atoms with E-state index in [9.17, 15) is 14.4 Å². The van der Waals surface area contributed by atoms with Gasteiger partial charge >= 0.3 is 6.09 Å². The standard InChI is InChI=1S/C20H34N6O4/c1-22-10-4-5-17(25-18(27)13-21)19(28)24-16-8-6-15(7-9-16)14-30-20(29)26(3)12-11-23-2/h6-9,17,22-23H,4-5,10-14,21H2,1-3H3,(H,24,28)(H,25,27). The first-order valence-corrected chi connectivity index (χ1v) is 9.97. The molecule has 0 fully saturated rings. The lowest BCUT2D eigenvalue weighted by molar-refractivity contribution is -0.125. The number of carbonyl (C=O) groups is 3. The molecule has 0 aliphatic heterocycles. The minimum absolute atomic E-state index is 0.135. The van der Waals surface area contributed by atoms with Crippen molar-refractivity contribution >= 4 is 23.6 Å². The Morgan fingerprint density at radius 1 is 1.10 bits per heavy atom. The maximum absolute atomic E-state index is 12.6. The fourth-order valence-corrected chi connectivity index (χ4v) is 2.54. The first-order valence-electron chi connectivity index (χ1n) is 9.97. The lowest BCUT2D eigenvalue weighted by Gasteiger charge is -2.18. The maximum atomic E-state index is 12.6. The van der Waals surface area contributed by atoms with E-state index in [2.05, 4.69) is 21.3 Å². The highest BCUT2D eigenvalue weighted by molar-refractivity contribution is 5.97. The highest BCUT2D eigenvalue weighted by atomic mass is 16.6. The van der Waals surface area contributed by atoms with E-state index >= 15 is 0 Å². The number of amides is 3. The van der Waals surface area contributed by atoms with Gasteiger partial charge in [0.05, 0.1) is 6.54 Å². The van der Waals surface area contributed by atoms with E-state index in [4.69, 9.17) is 10.5 Å². The molecule has 10 nitrogen and oxygen atoms in total. The Morgan fingerprint density at radius 3 is 2.37 bits per heavy atom. The monoisotopic (exact) mass is 422 g/mol. The summed E-state index contributed by atoms with van der Waals surface area (Å²) in [6.07, 6.45) is 0.822. The van der Waals surface area contributed by atoms with Crippen LogP contribution in [0.1, 0.15) is 18.4 Å². The van der Waals surface area contributed by atoms with Crippen molar-refractivity contribution in [1.29, 1.82) is 0 Å². The summed E-state index contributed by atoms with van der Waals surface area (Å²) in [6, 6.07) is 6.32. The van der Waals surface area contributed by atoms with Crippen molar-refractivity contribution in [3.05, 3.63) is 29.8 Å². The molecular weight excluding hydrogens is 388 g/mol. The number of likely N-dealkylation sites (N-methyl/N-ethyl adjacent to an activating group) is 2. The molecule has 1 unspecified atom stereocenters. The number of anilines is 1. The van der Waals surface area contributed by atoms with Crippen LogP contribution in [0.25, 0.3) is 0 Å². The number of ether oxygens (including phenoxy) is 1. The van der Waals surface area contributed by atoms with Crippen molar-refractivity contribution in [2.75, 3.05) is 52.6 Å². The molecule has 1 aromatic rings. The summed E-state index contributed by atoms with van der Waals surface area (Å²) < 4.78 is 5.26. The summed E-state index contributed by atoms with van der Waals surface area (Å²) in [7, 11) is 5.32. The van der Waals surface area contributed by atoms with E-state index in [0.717, 1.165) is 18.5 Å². The van der Waals surface area contributed by atoms with Gasteiger partial charge in [0.1, 0.15) is 12.6 Å². The number of hydrogen-bond donors (Lipinski definition) is 5. The number of nitrogens with zero attached hydrogens (tertiary/aromatic N) is 1. The van der Waals surface area contributed by atoms with Crippen LogP contribution in [0.3, 0.4) is 0 Å². The Kier molecular flexibility index (Phi) is 12.1. The number of nitrogens with one attached hydrogen (secondary N) is 4. The van der Waals surface area contributed by atoms with Crippen LogP contribution < -0.4 is 27.0 Å². The number of carbonyl (C=O) groups excluding carboxylic acids is 3. The van der Waals surface area contributed by atoms with Crippen molar-refractivity contribution in [1.82, 2.24) is 20.9 Å². The summed E-state index contributed by atoms with van der Waals surface area (Å²) in [5.74, 6) is -0.685. The highest BCUT2D eigenvalue weighted by Crippen LogP contribution is 2.12. The Hall–Kier alpha value is -2.69. The summed E-state index contributed by atoms with van der Waals surface area (Å²) in [4.78, 5) is 37.6. The molecule has 0 spiro atoms. The van der Waals surface area contributed by atoms with Gasteiger partial charge in [-0.25, -0.2) is 4.79 Å². The predicted molar refractivity (Wildman–Crippen MR) is 116 cm³/mol. The van der Waals surface area contributed by atoms with Gasteiger partial charge in [0.25, 0.3) is 0 Å². The fraction of sp³-hybridized carbons (Fsp3) is 0.550. The summed E-state index contributed by atoms with van der Waals surface area (Å²) in [5, 5.41) is 11.4. The van der Waals surface area contributed by atoms with Crippen LogP contribution in [0, 0.1) is 0 Å². The van der Waals surface area contributed by atoms with Crippen molar-refractivity contribution in [2.45, 2.75) is 25.5 Å². The Labute approximate surface area is 177 Å². The Balaban J connectivity index is 2.58. The smallest absolute Gasteiger partial charge is 0.409 e. The first kappa shape index (κ1) is 25.3. The lowest BCUT2D eigenvalue weighted by atomic mass is 10.1. The van der Waals surface area contributed by atoms with Gasteiger partial charge in [-0.15, -0.1) is 0 Å². The Bertz CT molecular complexity index is 668. The minimum atomic E-state index is -0.664. The summed E-state index contributed by atoms with van der Waals surface area (Å²) in [5.41, 5.74) is 6.72. The third-order valence-corrected chi connectivity index (χ3v) is 4.35. The van der Waals surface area contributed by atoms with Crippen LogP contribution >= 0.6 is 0 Å². The molecule has 0 radical (unpaired) electrons. The molecule has 10 heteroatoms. The average molecular weight is 423 g/mol. The van der Waals surface area contributed by atoms with E-state index in [0.29, 0.717) is 25.2 Å². The van der Waals surface area contributed by atoms with Gasteiger partial charge in [0.15, 0.2) is 0 Å². The number of benzene rings is 1. The van der Waals surface area contributed by atoms with E-state index in [-0.39, 0.29) is 25.0 Å². The minimum Gasteiger partial charge on any atom is -0.445 e. The molecule has 1 aromatic carbocycles. The van der Waals surface area contributed by atoms with E-state index in [1.165, 1.54) is 4.90 Å². The topological polar surface area (TPSA) is 138 Å². The zero-order valence-corrected chi connectivity index (χ0v) is 18.0. The second-order valence-corrected chi connectivity index (χ2v) is 6.84. The summed E-state index contributed by atoms with van der Waals surface area (Å²) >= 11 is 0. The average Bonchev–Trinajstić information content (AvgIpc) is 2.75. The second-order valence-electron chi connectivity index (χ2n) is 6.84. The summed E-state index contributed by atoms with van der Waals surface area (Å²) in [6.45, 7) is 1.93. The van der Waals surface area contributed by atoms with Crippen molar-refractivity contribution < 1.29 is 19.1 Å². The van der Waals surface area contributed by atoms with Gasteiger partial charge in [-0.2, -0.15) is 0 Å². The van der Waals surface area contributed by atoms with E-state index < -0.39 is 12.1 Å². The van der Waals surface area contributed by atoms with Gasteiger partial charge in [-0.1, -0.05) is 12.1 Å². The molecule has 30 heavy (non-hydrogen) atoms. The second kappa shape index (κ2) is 14.3. The van der Waals surface area contributed by atoms with E-state index in [1.54, 1.807) is 31.3 Å². The molecule has 1 rings (SSSR count). The molecule has 168 valence electrons. The first-order chi connectivity index (χ1) is 14.4. The molecule has 1 atom stereocenters. The number of rotatable bonds is 13. The molecule has 0 saturated carbocycles. The van der Waals surface area contributed by atoms with Crippen LogP contribution in [0.2, 0.25) is 0 Å². The third-order valence-electron chi connectivity index (χ3n) is 4.35. The van der Waals surface area contributed by atoms with Gasteiger partial charge in [-0.05, 0) is 51.2 Å². The van der Waals surface area contributed by atoms with Crippen molar-refractivity contribution in [3.63, 3.8) is 0 Å². The van der Waals surface area contributed by atoms with Gasteiger partial charge in [-0.3, -0.25) is 9.59 Å². The molecule has 0 aromatic heterocycles. The van der Waals surface area contributed by atoms with Crippen LogP contribution in [-0.2, 0) is 20.9 Å². The van der Waals surface area contributed by atoms with Crippen LogP contribution in [0.5, 0.6) is 0 Å². The van der Waals surface area contributed by atoms with E-state index in [1.807, 2.05) is 14.1 Å². The van der Waals surface area contributed by atoms with Crippen LogP contribution in [0.15, 0.2) is 24.3 Å². The van der Waals surface area contributed by atoms with Crippen molar-refractivity contribution in [2.24, 2.45) is 5.73 Å². The van der Waals surface area contributed by atoms with Crippen molar-refractivity contribution in [3.8, 4) is 0 Å². The quantitative estimate of drug-likeness (QED) is 0.279. The van der Waals surface area contributed by atoms with Gasteiger partial charge < -0.3 is 36.6 Å².